The molecule has 47 heavy (non-hydrogen) atoms. The zero-order chi connectivity index (χ0) is 33.4. The molecule has 1 aliphatic heterocycles. The molecule has 0 spiro atoms. The highest BCUT2D eigenvalue weighted by molar-refractivity contribution is 7.85. The molecule has 8 nitrogen and oxygen atoms in total. The van der Waals surface area contributed by atoms with Crippen LogP contribution < -0.4 is 5.32 Å². The molecule has 0 aromatic heterocycles. The maximum Gasteiger partial charge on any atom is 0.266 e. The van der Waals surface area contributed by atoms with Gasteiger partial charge in [0.1, 0.15) is 0 Å². The van der Waals surface area contributed by atoms with Crippen LogP contribution in [0.15, 0.2) is 116 Å². The van der Waals surface area contributed by atoms with E-state index in [0.29, 0.717) is 25.1 Å². The van der Waals surface area contributed by atoms with Gasteiger partial charge in [-0.2, -0.15) is 8.42 Å². The number of nitrogens with one attached hydrogen (secondary N) is 1. The topological polar surface area (TPSA) is 107 Å². The molecule has 1 heterocycles. The van der Waals surface area contributed by atoms with Gasteiger partial charge in [0, 0.05) is 38.3 Å². The summed E-state index contributed by atoms with van der Waals surface area (Å²) in [7, 11) is -4.16. The summed E-state index contributed by atoms with van der Waals surface area (Å²) in [5.41, 5.74) is 6.60. The SMILES string of the molecule is C=C(C)c1ccc(C(Cc2ccc(C(=O)NCCS(=O)(=O)O)cc2)C(=O)N2CCN(C(c3ccccc3)c3ccccc3)CC2)cc1. The molecule has 2 N–H and O–H groups in total. The van der Waals surface area contributed by atoms with Gasteiger partial charge in [0.25, 0.3) is 16.0 Å². The fourth-order valence-electron chi connectivity index (χ4n) is 6.08. The molecule has 0 radical (unpaired) electrons. The van der Waals surface area contributed by atoms with Gasteiger partial charge in [-0.25, -0.2) is 0 Å². The van der Waals surface area contributed by atoms with Gasteiger partial charge in [-0.15, -0.1) is 0 Å². The summed E-state index contributed by atoms with van der Waals surface area (Å²) >= 11 is 0. The highest BCUT2D eigenvalue weighted by atomic mass is 32.2. The first kappa shape index (κ1) is 33.8. The van der Waals surface area contributed by atoms with E-state index < -0.39 is 27.7 Å². The van der Waals surface area contributed by atoms with Crippen LogP contribution in [0.4, 0.5) is 0 Å². The highest BCUT2D eigenvalue weighted by Gasteiger charge is 2.32. The van der Waals surface area contributed by atoms with Gasteiger partial charge in [0.15, 0.2) is 0 Å². The first-order valence-electron chi connectivity index (χ1n) is 15.8. The number of rotatable bonds is 12. The molecule has 1 aliphatic rings. The van der Waals surface area contributed by atoms with Gasteiger partial charge in [-0.3, -0.25) is 19.0 Å². The standard InChI is InChI=1S/C38H41N3O5S/c1-28(2)30-17-19-31(20-18-30)35(27-29-13-15-34(16-14-29)37(42)39-21-26-47(44,45)46)38(43)41-24-22-40(23-25-41)36(32-9-5-3-6-10-32)33-11-7-4-8-12-33/h3-20,35-36H,1,21-27H2,2H3,(H,39,42)(H,44,45,46). The molecule has 1 atom stereocenters. The van der Waals surface area contributed by atoms with Gasteiger partial charge in [-0.1, -0.05) is 109 Å². The quantitative estimate of drug-likeness (QED) is 0.193. The molecule has 2 amide bonds. The molecule has 1 fully saturated rings. The fraction of sp³-hybridized carbons (Fsp3) is 0.263. The minimum atomic E-state index is -4.16. The molecule has 4 aromatic carbocycles. The minimum absolute atomic E-state index is 0.0655. The van der Waals surface area contributed by atoms with Gasteiger partial charge in [-0.05, 0) is 53.3 Å². The Kier molecular flexibility index (Phi) is 11.0. The maximum atomic E-state index is 14.3. The van der Waals surface area contributed by atoms with E-state index in [-0.39, 0.29) is 18.5 Å². The van der Waals surface area contributed by atoms with Crippen molar-refractivity contribution in [3.8, 4) is 0 Å². The van der Waals surface area contributed by atoms with Crippen LogP contribution in [0.25, 0.3) is 5.57 Å². The summed E-state index contributed by atoms with van der Waals surface area (Å²) in [6.07, 6.45) is 0.451. The van der Waals surface area contributed by atoms with E-state index in [1.54, 1.807) is 12.1 Å². The summed E-state index contributed by atoms with van der Waals surface area (Å²) in [6, 6.07) is 36.0. The number of benzene rings is 4. The lowest BCUT2D eigenvalue weighted by atomic mass is 9.89. The van der Waals surface area contributed by atoms with Crippen LogP contribution in [0.1, 0.15) is 57.1 Å². The Hall–Kier alpha value is -4.57. The number of carbonyl (C=O) groups excluding carboxylic acids is 2. The van der Waals surface area contributed by atoms with Gasteiger partial charge in [0.05, 0.1) is 17.7 Å². The number of hydrogen-bond donors (Lipinski definition) is 2. The third-order valence-electron chi connectivity index (χ3n) is 8.63. The van der Waals surface area contributed by atoms with Crippen molar-refractivity contribution in [1.82, 2.24) is 15.1 Å². The van der Waals surface area contributed by atoms with Crippen molar-refractivity contribution >= 4 is 27.5 Å². The lowest BCUT2D eigenvalue weighted by molar-refractivity contribution is -0.134. The zero-order valence-corrected chi connectivity index (χ0v) is 27.4. The zero-order valence-electron chi connectivity index (χ0n) is 26.6. The lowest BCUT2D eigenvalue weighted by Crippen LogP contribution is -2.51. The molecule has 5 rings (SSSR count). The second-order valence-electron chi connectivity index (χ2n) is 12.0. The van der Waals surface area contributed by atoms with Crippen LogP contribution in [0.2, 0.25) is 0 Å². The number of amides is 2. The number of hydrogen-bond acceptors (Lipinski definition) is 5. The van der Waals surface area contributed by atoms with Crippen molar-refractivity contribution in [2.75, 3.05) is 38.5 Å². The minimum Gasteiger partial charge on any atom is -0.351 e. The van der Waals surface area contributed by atoms with Gasteiger partial charge in [0.2, 0.25) is 5.91 Å². The fourth-order valence-corrected chi connectivity index (χ4v) is 6.44. The van der Waals surface area contributed by atoms with Crippen LogP contribution in [0, 0.1) is 0 Å². The first-order valence-corrected chi connectivity index (χ1v) is 17.4. The lowest BCUT2D eigenvalue weighted by Gasteiger charge is -2.40. The number of piperazine rings is 1. The van der Waals surface area contributed by atoms with Crippen molar-refractivity contribution in [3.63, 3.8) is 0 Å². The van der Waals surface area contributed by atoms with E-state index in [1.807, 2.05) is 60.4 Å². The van der Waals surface area contributed by atoms with Crippen LogP contribution in [0.3, 0.4) is 0 Å². The predicted octanol–water partition coefficient (Wildman–Crippen LogP) is 5.60. The molecular weight excluding hydrogens is 611 g/mol. The van der Waals surface area contributed by atoms with E-state index in [4.69, 9.17) is 4.55 Å². The summed E-state index contributed by atoms with van der Waals surface area (Å²) < 4.78 is 30.8. The Morgan fingerprint density at radius 2 is 1.30 bits per heavy atom. The summed E-state index contributed by atoms with van der Waals surface area (Å²) in [5.74, 6) is -1.35. The second-order valence-corrected chi connectivity index (χ2v) is 13.6. The maximum absolute atomic E-state index is 14.3. The summed E-state index contributed by atoms with van der Waals surface area (Å²) in [6.45, 7) is 8.50. The van der Waals surface area contributed by atoms with Crippen molar-refractivity contribution in [2.24, 2.45) is 0 Å². The monoisotopic (exact) mass is 651 g/mol. The van der Waals surface area contributed by atoms with E-state index >= 15 is 0 Å². The van der Waals surface area contributed by atoms with Crippen molar-refractivity contribution < 1.29 is 22.6 Å². The smallest absolute Gasteiger partial charge is 0.266 e. The number of allylic oxidation sites excluding steroid dienone is 1. The first-order chi connectivity index (χ1) is 22.6. The molecule has 0 saturated carbocycles. The average molecular weight is 652 g/mol. The Balaban J connectivity index is 1.32. The van der Waals surface area contributed by atoms with Crippen LogP contribution in [0.5, 0.6) is 0 Å². The Bertz CT molecular complexity index is 1730. The van der Waals surface area contributed by atoms with Crippen LogP contribution in [-0.2, 0) is 21.3 Å². The Labute approximate surface area is 277 Å². The molecule has 9 heteroatoms. The van der Waals surface area contributed by atoms with E-state index in [0.717, 1.165) is 35.4 Å². The van der Waals surface area contributed by atoms with Crippen LogP contribution in [-0.4, -0.2) is 73.1 Å². The van der Waals surface area contributed by atoms with Crippen molar-refractivity contribution in [3.05, 3.63) is 149 Å². The van der Waals surface area contributed by atoms with E-state index in [9.17, 15) is 18.0 Å². The third kappa shape index (κ3) is 9.04. The van der Waals surface area contributed by atoms with Crippen molar-refractivity contribution in [2.45, 2.75) is 25.3 Å². The predicted molar refractivity (Wildman–Crippen MR) is 186 cm³/mol. The normalized spacial score (nSPS) is 14.5. The second kappa shape index (κ2) is 15.3. The van der Waals surface area contributed by atoms with Crippen molar-refractivity contribution in [1.29, 1.82) is 0 Å². The van der Waals surface area contributed by atoms with Gasteiger partial charge < -0.3 is 10.2 Å². The molecule has 244 valence electrons. The summed E-state index contributed by atoms with van der Waals surface area (Å²) in [4.78, 5) is 31.2. The van der Waals surface area contributed by atoms with Gasteiger partial charge >= 0.3 is 0 Å². The Morgan fingerprint density at radius 1 is 0.766 bits per heavy atom. The highest BCUT2D eigenvalue weighted by Crippen LogP contribution is 2.31. The molecule has 1 saturated heterocycles. The molecule has 0 bridgehead atoms. The van der Waals surface area contributed by atoms with E-state index in [1.165, 1.54) is 11.1 Å². The molecule has 1 unspecified atom stereocenters. The molecule has 0 aliphatic carbocycles. The third-order valence-corrected chi connectivity index (χ3v) is 9.35. The molecular formula is C38H41N3O5S. The largest absolute Gasteiger partial charge is 0.351 e. The summed E-state index contributed by atoms with van der Waals surface area (Å²) in [5, 5.41) is 2.50. The van der Waals surface area contributed by atoms with E-state index in [2.05, 4.69) is 65.3 Å². The average Bonchev–Trinajstić information content (AvgIpc) is 3.08. The Morgan fingerprint density at radius 3 is 1.81 bits per heavy atom. The number of nitrogens with zero attached hydrogens (tertiary/aromatic N) is 2. The van der Waals surface area contributed by atoms with Crippen LogP contribution >= 0.6 is 0 Å². The number of carbonyl (C=O) groups is 2. The molecule has 4 aromatic rings.